The van der Waals surface area contributed by atoms with Crippen molar-refractivity contribution < 1.29 is 14.3 Å². The largest absolute Gasteiger partial charge is 0.449 e. The summed E-state index contributed by atoms with van der Waals surface area (Å²) in [6.45, 7) is 5.98. The summed E-state index contributed by atoms with van der Waals surface area (Å²) in [5, 5.41) is 2.85. The maximum atomic E-state index is 12.1. The molecular formula is C14H21N3O3. The molecule has 0 spiro atoms. The number of cyclic esters (lactones) is 1. The van der Waals surface area contributed by atoms with E-state index in [0.717, 1.165) is 17.8 Å². The normalized spacial score (nSPS) is 15.2. The van der Waals surface area contributed by atoms with Gasteiger partial charge in [-0.3, -0.25) is 4.79 Å². The third-order valence-corrected chi connectivity index (χ3v) is 3.74. The minimum absolute atomic E-state index is 0.100. The standard InChI is InChI=1S/C14H21N3O3/c1-10-9-12(11(2)16(10)3)13(18)15-5-7-17-6-4-8-20-14(17)19/h9H,4-8H2,1-3H3,(H,15,18). The molecule has 1 fully saturated rings. The van der Waals surface area contributed by atoms with Crippen LogP contribution in [0.25, 0.3) is 0 Å². The number of nitrogens with zero attached hydrogens (tertiary/aromatic N) is 2. The number of carbonyl (C=O) groups excluding carboxylic acids is 2. The number of carbonyl (C=O) groups is 2. The zero-order chi connectivity index (χ0) is 14.7. The first-order valence-corrected chi connectivity index (χ1v) is 6.83. The van der Waals surface area contributed by atoms with Crippen LogP contribution in [0.1, 0.15) is 28.2 Å². The minimum Gasteiger partial charge on any atom is -0.449 e. The van der Waals surface area contributed by atoms with E-state index in [2.05, 4.69) is 5.32 Å². The van der Waals surface area contributed by atoms with E-state index in [1.54, 1.807) is 4.90 Å². The molecule has 1 aliphatic heterocycles. The Bertz CT molecular complexity index is 522. The SMILES string of the molecule is Cc1cc(C(=O)NCCN2CCCOC2=O)c(C)n1C. The Morgan fingerprint density at radius 2 is 2.20 bits per heavy atom. The molecular weight excluding hydrogens is 258 g/mol. The van der Waals surface area contributed by atoms with E-state index < -0.39 is 0 Å². The fraction of sp³-hybridized carbons (Fsp3) is 0.571. The van der Waals surface area contributed by atoms with Gasteiger partial charge >= 0.3 is 6.09 Å². The van der Waals surface area contributed by atoms with Crippen molar-refractivity contribution in [2.75, 3.05) is 26.2 Å². The van der Waals surface area contributed by atoms with Crippen LogP contribution in [0.4, 0.5) is 4.79 Å². The predicted octanol–water partition coefficient (Wildman–Crippen LogP) is 1.21. The van der Waals surface area contributed by atoms with Gasteiger partial charge in [0.2, 0.25) is 0 Å². The van der Waals surface area contributed by atoms with Crippen LogP contribution in [0.3, 0.4) is 0 Å². The lowest BCUT2D eigenvalue weighted by Gasteiger charge is -2.26. The molecule has 6 nitrogen and oxygen atoms in total. The molecule has 1 aromatic heterocycles. The summed E-state index contributed by atoms with van der Waals surface area (Å²) in [5.74, 6) is -0.100. The van der Waals surface area contributed by atoms with Gasteiger partial charge in [0, 0.05) is 38.1 Å². The van der Waals surface area contributed by atoms with Crippen molar-refractivity contribution in [2.45, 2.75) is 20.3 Å². The lowest BCUT2D eigenvalue weighted by atomic mass is 10.2. The molecule has 2 heterocycles. The van der Waals surface area contributed by atoms with Crippen molar-refractivity contribution in [1.29, 1.82) is 0 Å². The van der Waals surface area contributed by atoms with E-state index in [1.807, 2.05) is 31.5 Å². The van der Waals surface area contributed by atoms with Gasteiger partial charge in [0.25, 0.3) is 5.91 Å². The quantitative estimate of drug-likeness (QED) is 0.901. The summed E-state index contributed by atoms with van der Waals surface area (Å²) in [4.78, 5) is 25.1. The van der Waals surface area contributed by atoms with Crippen molar-refractivity contribution in [3.05, 3.63) is 23.0 Å². The monoisotopic (exact) mass is 279 g/mol. The van der Waals surface area contributed by atoms with Gasteiger partial charge in [0.15, 0.2) is 0 Å². The average molecular weight is 279 g/mol. The Kier molecular flexibility index (Phi) is 4.32. The Morgan fingerprint density at radius 3 is 2.80 bits per heavy atom. The highest BCUT2D eigenvalue weighted by atomic mass is 16.6. The summed E-state index contributed by atoms with van der Waals surface area (Å²) in [6.07, 6.45) is 0.550. The van der Waals surface area contributed by atoms with Gasteiger partial charge in [-0.25, -0.2) is 4.79 Å². The van der Waals surface area contributed by atoms with E-state index in [1.165, 1.54) is 0 Å². The first-order valence-electron chi connectivity index (χ1n) is 6.83. The Morgan fingerprint density at radius 1 is 1.45 bits per heavy atom. The molecule has 0 aromatic carbocycles. The van der Waals surface area contributed by atoms with E-state index >= 15 is 0 Å². The number of hydrogen-bond acceptors (Lipinski definition) is 3. The lowest BCUT2D eigenvalue weighted by Crippen LogP contribution is -2.42. The number of aromatic nitrogens is 1. The Labute approximate surface area is 118 Å². The Balaban J connectivity index is 1.86. The minimum atomic E-state index is -0.294. The molecule has 0 aliphatic carbocycles. The second kappa shape index (κ2) is 5.98. The van der Waals surface area contributed by atoms with Crippen LogP contribution >= 0.6 is 0 Å². The Hall–Kier alpha value is -1.98. The van der Waals surface area contributed by atoms with Gasteiger partial charge in [0.1, 0.15) is 0 Å². The van der Waals surface area contributed by atoms with Crippen molar-refractivity contribution in [3.8, 4) is 0 Å². The maximum Gasteiger partial charge on any atom is 0.409 e. The van der Waals surface area contributed by atoms with E-state index in [0.29, 0.717) is 31.8 Å². The summed E-state index contributed by atoms with van der Waals surface area (Å²) < 4.78 is 6.92. The molecule has 0 radical (unpaired) electrons. The fourth-order valence-electron chi connectivity index (χ4n) is 2.29. The van der Waals surface area contributed by atoms with Gasteiger partial charge in [0.05, 0.1) is 12.2 Å². The zero-order valence-corrected chi connectivity index (χ0v) is 12.2. The van der Waals surface area contributed by atoms with Crippen LogP contribution in [0, 0.1) is 13.8 Å². The average Bonchev–Trinajstić information content (AvgIpc) is 2.68. The number of hydrogen-bond donors (Lipinski definition) is 1. The van der Waals surface area contributed by atoms with E-state index in [4.69, 9.17) is 4.74 Å². The summed E-state index contributed by atoms with van der Waals surface area (Å²) in [5.41, 5.74) is 2.68. The summed E-state index contributed by atoms with van der Waals surface area (Å²) in [7, 11) is 1.94. The number of nitrogens with one attached hydrogen (secondary N) is 1. The number of rotatable bonds is 4. The number of ether oxygens (including phenoxy) is 1. The van der Waals surface area contributed by atoms with Crippen molar-refractivity contribution in [1.82, 2.24) is 14.8 Å². The predicted molar refractivity (Wildman–Crippen MR) is 74.8 cm³/mol. The summed E-state index contributed by atoms with van der Waals surface area (Å²) in [6, 6.07) is 1.87. The van der Waals surface area contributed by atoms with Crippen LogP contribution in [0.2, 0.25) is 0 Å². The third kappa shape index (κ3) is 2.95. The molecule has 20 heavy (non-hydrogen) atoms. The van der Waals surface area contributed by atoms with E-state index in [9.17, 15) is 9.59 Å². The fourth-order valence-corrected chi connectivity index (χ4v) is 2.29. The molecule has 0 bridgehead atoms. The molecule has 1 N–H and O–H groups in total. The van der Waals surface area contributed by atoms with Gasteiger partial charge < -0.3 is 19.5 Å². The topological polar surface area (TPSA) is 63.6 Å². The zero-order valence-electron chi connectivity index (χ0n) is 12.2. The lowest BCUT2D eigenvalue weighted by molar-refractivity contribution is 0.0719. The van der Waals surface area contributed by atoms with Gasteiger partial charge in [-0.05, 0) is 26.3 Å². The second-order valence-electron chi connectivity index (χ2n) is 5.05. The number of amides is 2. The van der Waals surface area contributed by atoms with Crippen molar-refractivity contribution in [3.63, 3.8) is 0 Å². The van der Waals surface area contributed by atoms with Crippen LogP contribution in [0.5, 0.6) is 0 Å². The molecule has 0 saturated carbocycles. The van der Waals surface area contributed by atoms with Crippen molar-refractivity contribution >= 4 is 12.0 Å². The van der Waals surface area contributed by atoms with Crippen LogP contribution < -0.4 is 5.32 Å². The molecule has 1 aliphatic rings. The highest BCUT2D eigenvalue weighted by molar-refractivity contribution is 5.95. The molecule has 2 rings (SSSR count). The first-order chi connectivity index (χ1) is 9.50. The molecule has 110 valence electrons. The van der Waals surface area contributed by atoms with Gasteiger partial charge in [-0.1, -0.05) is 0 Å². The van der Waals surface area contributed by atoms with Crippen LogP contribution in [-0.2, 0) is 11.8 Å². The second-order valence-corrected chi connectivity index (χ2v) is 5.05. The molecule has 0 unspecified atom stereocenters. The highest BCUT2D eigenvalue weighted by Gasteiger charge is 2.19. The molecule has 1 saturated heterocycles. The summed E-state index contributed by atoms with van der Waals surface area (Å²) >= 11 is 0. The van der Waals surface area contributed by atoms with E-state index in [-0.39, 0.29) is 12.0 Å². The smallest absolute Gasteiger partial charge is 0.409 e. The number of aryl methyl sites for hydroxylation is 1. The molecule has 6 heteroatoms. The molecule has 0 atom stereocenters. The molecule has 1 aromatic rings. The molecule has 2 amide bonds. The van der Waals surface area contributed by atoms with Gasteiger partial charge in [-0.15, -0.1) is 0 Å². The third-order valence-electron chi connectivity index (χ3n) is 3.74. The van der Waals surface area contributed by atoms with Crippen LogP contribution in [0.15, 0.2) is 6.07 Å². The van der Waals surface area contributed by atoms with Crippen molar-refractivity contribution in [2.24, 2.45) is 7.05 Å². The maximum absolute atomic E-state index is 12.1. The highest BCUT2D eigenvalue weighted by Crippen LogP contribution is 2.12. The first kappa shape index (κ1) is 14.4. The van der Waals surface area contributed by atoms with Gasteiger partial charge in [-0.2, -0.15) is 0 Å². The van der Waals surface area contributed by atoms with Crippen LogP contribution in [-0.4, -0.2) is 47.7 Å².